The first kappa shape index (κ1) is 26.2. The van der Waals surface area contributed by atoms with Crippen LogP contribution in [0.2, 0.25) is 0 Å². The zero-order chi connectivity index (χ0) is 30.0. The normalized spacial score (nSPS) is 13.1. The Morgan fingerprint density at radius 2 is 0.773 bits per heavy atom. The largest absolute Gasteiger partial charge is 0.134 e. The van der Waals surface area contributed by atoms with Gasteiger partial charge in [-0.3, -0.25) is 0 Å². The molecule has 0 atom stereocenters. The molecule has 0 saturated heterocycles. The van der Waals surface area contributed by atoms with Gasteiger partial charge in [-0.25, -0.2) is 0 Å². The van der Waals surface area contributed by atoms with Crippen molar-refractivity contribution in [1.29, 1.82) is 0 Å². The van der Waals surface area contributed by atoms with Crippen LogP contribution in [0.25, 0.3) is 53.6 Å². The van der Waals surface area contributed by atoms with Crippen LogP contribution in [-0.4, -0.2) is 0 Å². The molecule has 7 aromatic rings. The van der Waals surface area contributed by atoms with E-state index in [2.05, 4.69) is 126 Å². The Labute approximate surface area is 266 Å². The van der Waals surface area contributed by atoms with Crippen LogP contribution in [0.3, 0.4) is 0 Å². The van der Waals surface area contributed by atoms with Crippen molar-refractivity contribution in [3.05, 3.63) is 150 Å². The smallest absolute Gasteiger partial charge is 0.0446 e. The minimum Gasteiger partial charge on any atom is -0.134 e. The molecule has 2 aromatic heterocycles. The van der Waals surface area contributed by atoms with E-state index in [1.54, 1.807) is 0 Å². The molecule has 0 aliphatic heterocycles. The number of benzene rings is 5. The average molecular weight is 601 g/mol. The highest BCUT2D eigenvalue weighted by atomic mass is 32.1. The monoisotopic (exact) mass is 600 g/mol. The highest BCUT2D eigenvalue weighted by molar-refractivity contribution is 7.21. The first-order valence-corrected chi connectivity index (χ1v) is 17.1. The molecule has 0 bridgehead atoms. The van der Waals surface area contributed by atoms with E-state index < -0.39 is 0 Å². The minimum atomic E-state index is 1.32. The lowest BCUT2D eigenvalue weighted by atomic mass is 9.92. The van der Waals surface area contributed by atoms with Crippen LogP contribution in [0.15, 0.2) is 84.9 Å². The van der Waals surface area contributed by atoms with E-state index in [1.165, 1.54) is 118 Å². The Morgan fingerprint density at radius 3 is 1.16 bits per heavy atom. The van der Waals surface area contributed by atoms with Gasteiger partial charge in [0.15, 0.2) is 0 Å². The van der Waals surface area contributed by atoms with Gasteiger partial charge < -0.3 is 0 Å². The maximum Gasteiger partial charge on any atom is 0.0446 e. The van der Waals surface area contributed by atoms with Crippen LogP contribution in [0.4, 0.5) is 0 Å². The van der Waals surface area contributed by atoms with Crippen molar-refractivity contribution in [2.75, 3.05) is 0 Å². The first-order chi connectivity index (χ1) is 21.3. The Morgan fingerprint density at radius 1 is 0.409 bits per heavy atom. The summed E-state index contributed by atoms with van der Waals surface area (Å²) in [7, 11) is 0. The van der Waals surface area contributed by atoms with Crippen molar-refractivity contribution < 1.29 is 0 Å². The SMILES string of the molecule is Cc1cc(C)c(C2=c3cc4c(cc3-c3c2sc2ccccc32)=C(c2c(C)cc(C)cc2C)c2sc3ccccc3c2-4)c(C)c1. The highest BCUT2D eigenvalue weighted by Crippen LogP contribution is 2.50. The molecule has 0 spiro atoms. The molecule has 0 N–H and O–H groups in total. The molecule has 0 amide bonds. The second-order valence-electron chi connectivity index (χ2n) is 12.8. The number of thiophene rings is 2. The van der Waals surface area contributed by atoms with Gasteiger partial charge in [-0.15, -0.1) is 22.7 Å². The van der Waals surface area contributed by atoms with E-state index in [0.29, 0.717) is 0 Å². The highest BCUT2D eigenvalue weighted by Gasteiger charge is 2.33. The summed E-state index contributed by atoms with van der Waals surface area (Å²) < 4.78 is 2.73. The zero-order valence-corrected chi connectivity index (χ0v) is 27.5. The van der Waals surface area contributed by atoms with E-state index in [9.17, 15) is 0 Å². The molecule has 44 heavy (non-hydrogen) atoms. The van der Waals surface area contributed by atoms with Gasteiger partial charge in [0.05, 0.1) is 0 Å². The summed E-state index contributed by atoms with van der Waals surface area (Å²) in [4.78, 5) is 2.83. The maximum atomic E-state index is 2.56. The molecule has 5 aromatic carbocycles. The third-order valence-electron chi connectivity index (χ3n) is 9.73. The third kappa shape index (κ3) is 3.44. The lowest BCUT2D eigenvalue weighted by Gasteiger charge is -2.14. The summed E-state index contributed by atoms with van der Waals surface area (Å²) in [6.07, 6.45) is 0. The summed E-state index contributed by atoms with van der Waals surface area (Å²) >= 11 is 3.91. The molecule has 0 unspecified atom stereocenters. The Hall–Kier alpha value is -4.24. The molecule has 0 radical (unpaired) electrons. The van der Waals surface area contributed by atoms with Crippen LogP contribution < -0.4 is 10.4 Å². The molecule has 0 saturated carbocycles. The van der Waals surface area contributed by atoms with Crippen LogP contribution in [-0.2, 0) is 0 Å². The topological polar surface area (TPSA) is 0 Å². The summed E-state index contributed by atoms with van der Waals surface area (Å²) in [5.41, 5.74) is 19.3. The van der Waals surface area contributed by atoms with Gasteiger partial charge in [-0.2, -0.15) is 0 Å². The van der Waals surface area contributed by atoms with Crippen molar-refractivity contribution in [3.8, 4) is 22.3 Å². The fraction of sp³-hybridized carbons (Fsp3) is 0.143. The number of aryl methyl sites for hydroxylation is 6. The Kier molecular flexibility index (Phi) is 5.44. The third-order valence-corrected chi connectivity index (χ3v) is 12.1. The second kappa shape index (κ2) is 9.14. The van der Waals surface area contributed by atoms with Gasteiger partial charge in [0.1, 0.15) is 0 Å². The molecule has 2 aliphatic carbocycles. The van der Waals surface area contributed by atoms with Crippen LogP contribution in [0, 0.1) is 41.5 Å². The van der Waals surface area contributed by atoms with Gasteiger partial charge in [0.25, 0.3) is 0 Å². The van der Waals surface area contributed by atoms with Gasteiger partial charge in [0.2, 0.25) is 0 Å². The molecule has 0 nitrogen and oxygen atoms in total. The maximum absolute atomic E-state index is 2.56. The molecular formula is C42H32S2. The number of rotatable bonds is 2. The van der Waals surface area contributed by atoms with E-state index in [-0.39, 0.29) is 0 Å². The summed E-state index contributed by atoms with van der Waals surface area (Å²) in [6, 6.07) is 32.5. The minimum absolute atomic E-state index is 1.32. The molecule has 2 heteroatoms. The van der Waals surface area contributed by atoms with E-state index in [1.807, 2.05) is 22.7 Å². The van der Waals surface area contributed by atoms with Crippen LogP contribution >= 0.6 is 22.7 Å². The van der Waals surface area contributed by atoms with Crippen LogP contribution in [0.5, 0.6) is 0 Å². The van der Waals surface area contributed by atoms with Crippen molar-refractivity contribution in [1.82, 2.24) is 0 Å². The fourth-order valence-electron chi connectivity index (χ4n) is 8.29. The van der Waals surface area contributed by atoms with Gasteiger partial charge in [-0.05, 0) is 121 Å². The van der Waals surface area contributed by atoms with E-state index in [0.717, 1.165) is 0 Å². The van der Waals surface area contributed by atoms with Gasteiger partial charge in [0, 0.05) is 52.2 Å². The predicted octanol–water partition coefficient (Wildman–Crippen LogP) is 10.4. The van der Waals surface area contributed by atoms with Crippen molar-refractivity contribution >= 4 is 54.0 Å². The summed E-state index contributed by atoms with van der Waals surface area (Å²) in [6.45, 7) is 13.6. The average Bonchev–Trinajstić information content (AvgIpc) is 3.69. The standard InChI is InChI=1S/C42H32S2/c1-21-15-23(3)35(24(4)16-21)39-31-19-30-32(20-29(31)37-27-11-7-9-13-33(27)43-41(37)39)40(36-25(5)17-22(2)18-26(36)6)42-38(30)28-12-8-10-14-34(28)44-42/h7-20H,1-6H3. The quantitative estimate of drug-likeness (QED) is 0.185. The molecule has 212 valence electrons. The number of fused-ring (bicyclic) bond motifs is 10. The second-order valence-corrected chi connectivity index (χ2v) is 14.9. The lowest BCUT2D eigenvalue weighted by Crippen LogP contribution is -2.16. The number of hydrogen-bond acceptors (Lipinski definition) is 2. The molecule has 2 aliphatic rings. The Balaban J connectivity index is 1.50. The summed E-state index contributed by atoms with van der Waals surface area (Å²) in [5, 5.41) is 5.50. The van der Waals surface area contributed by atoms with Gasteiger partial charge in [-0.1, -0.05) is 71.8 Å². The number of hydrogen-bond donors (Lipinski definition) is 0. The van der Waals surface area contributed by atoms with Crippen molar-refractivity contribution in [2.24, 2.45) is 0 Å². The summed E-state index contributed by atoms with van der Waals surface area (Å²) in [5.74, 6) is 0. The first-order valence-electron chi connectivity index (χ1n) is 15.4. The Bertz CT molecular complexity index is 2320. The van der Waals surface area contributed by atoms with Gasteiger partial charge >= 0.3 is 0 Å². The van der Waals surface area contributed by atoms with Crippen LogP contribution in [0.1, 0.15) is 54.3 Å². The van der Waals surface area contributed by atoms with E-state index >= 15 is 0 Å². The molecule has 9 rings (SSSR count). The molecule has 2 heterocycles. The lowest BCUT2D eigenvalue weighted by molar-refractivity contribution is 1.29. The van der Waals surface area contributed by atoms with Crippen molar-refractivity contribution in [2.45, 2.75) is 41.5 Å². The van der Waals surface area contributed by atoms with E-state index in [4.69, 9.17) is 0 Å². The molecular weight excluding hydrogens is 569 g/mol. The predicted molar refractivity (Wildman–Crippen MR) is 192 cm³/mol. The zero-order valence-electron chi connectivity index (χ0n) is 25.9. The van der Waals surface area contributed by atoms with Crippen molar-refractivity contribution in [3.63, 3.8) is 0 Å². The molecule has 0 fully saturated rings. The fourth-order valence-corrected chi connectivity index (χ4v) is 10.9.